The Morgan fingerprint density at radius 2 is 2.00 bits per heavy atom. The summed E-state index contributed by atoms with van der Waals surface area (Å²) in [6.07, 6.45) is 1.11. The summed E-state index contributed by atoms with van der Waals surface area (Å²) in [4.78, 5) is 29.6. The summed E-state index contributed by atoms with van der Waals surface area (Å²) in [6.45, 7) is 1.50. The molecular formula is C19H14N4O3. The lowest BCUT2D eigenvalue weighted by Gasteiger charge is -2.07. The van der Waals surface area contributed by atoms with E-state index < -0.39 is 17.5 Å². The molecular weight excluding hydrogens is 332 g/mol. The minimum Gasteiger partial charge on any atom is -0.494 e. The zero-order valence-electron chi connectivity index (χ0n) is 13.8. The van der Waals surface area contributed by atoms with Crippen LogP contribution in [-0.2, 0) is 0 Å². The molecule has 26 heavy (non-hydrogen) atoms. The van der Waals surface area contributed by atoms with Crippen molar-refractivity contribution in [2.45, 2.75) is 6.92 Å². The summed E-state index contributed by atoms with van der Waals surface area (Å²) < 4.78 is 0. The van der Waals surface area contributed by atoms with Gasteiger partial charge in [0.1, 0.15) is 11.6 Å². The van der Waals surface area contributed by atoms with Crippen LogP contribution in [0.4, 0.5) is 10.5 Å². The van der Waals surface area contributed by atoms with Crippen LogP contribution in [-0.4, -0.2) is 22.3 Å². The van der Waals surface area contributed by atoms with Gasteiger partial charge in [0, 0.05) is 11.6 Å². The van der Waals surface area contributed by atoms with Crippen LogP contribution in [0.5, 0.6) is 5.88 Å². The monoisotopic (exact) mass is 346 g/mol. The highest BCUT2D eigenvalue weighted by molar-refractivity contribution is 6.05. The molecule has 0 spiro atoms. The fourth-order valence-electron chi connectivity index (χ4n) is 2.62. The summed E-state index contributed by atoms with van der Waals surface area (Å²) >= 11 is 0. The molecule has 0 aliphatic carbocycles. The predicted molar refractivity (Wildman–Crippen MR) is 98.7 cm³/mol. The number of amides is 2. The number of urea groups is 1. The molecule has 1 heterocycles. The molecule has 0 aliphatic heterocycles. The Morgan fingerprint density at radius 3 is 2.77 bits per heavy atom. The number of aromatic hydroxyl groups is 1. The maximum Gasteiger partial charge on any atom is 0.345 e. The Kier molecular flexibility index (Phi) is 4.50. The first-order valence-corrected chi connectivity index (χ1v) is 7.70. The molecule has 0 saturated carbocycles. The number of fused-ring (bicyclic) bond motifs is 1. The average molecular weight is 346 g/mol. The number of benzene rings is 2. The highest BCUT2D eigenvalue weighted by Crippen LogP contribution is 2.23. The van der Waals surface area contributed by atoms with Crippen LogP contribution < -0.4 is 10.9 Å². The molecule has 7 heteroatoms. The van der Waals surface area contributed by atoms with Crippen LogP contribution in [0.1, 0.15) is 16.7 Å². The third kappa shape index (κ3) is 3.16. The zero-order chi connectivity index (χ0) is 18.7. The topological polar surface area (TPSA) is 118 Å². The standard InChI is InChI=1S/C19H14N4O3/c1-11-14(9-20)17(24)23-18(25)15(11)10-21-19(26)22-16-8-4-6-12-5-2-3-7-13(12)16/h2-8,10H,1H3,(H,22,26)(H2,23,24,25)/b21-10+. The molecule has 0 atom stereocenters. The minimum absolute atomic E-state index is 0.106. The van der Waals surface area contributed by atoms with Crippen molar-refractivity contribution in [3.05, 3.63) is 69.5 Å². The highest BCUT2D eigenvalue weighted by Gasteiger charge is 2.13. The molecule has 3 rings (SSSR count). The van der Waals surface area contributed by atoms with E-state index in [1.54, 1.807) is 12.1 Å². The maximum atomic E-state index is 12.1. The normalized spacial score (nSPS) is 10.8. The second-order valence-corrected chi connectivity index (χ2v) is 5.54. The van der Waals surface area contributed by atoms with E-state index in [4.69, 9.17) is 5.26 Å². The number of nitriles is 1. The van der Waals surface area contributed by atoms with Gasteiger partial charge in [0.2, 0.25) is 5.88 Å². The van der Waals surface area contributed by atoms with Crippen molar-refractivity contribution in [3.63, 3.8) is 0 Å². The number of nitrogens with zero attached hydrogens (tertiary/aromatic N) is 2. The van der Waals surface area contributed by atoms with Gasteiger partial charge in [0.25, 0.3) is 5.56 Å². The van der Waals surface area contributed by atoms with Gasteiger partial charge in [-0.2, -0.15) is 5.26 Å². The first-order chi connectivity index (χ1) is 12.5. The Bertz CT molecular complexity index is 1130. The summed E-state index contributed by atoms with van der Waals surface area (Å²) in [6, 6.07) is 14.2. The van der Waals surface area contributed by atoms with E-state index in [0.29, 0.717) is 5.69 Å². The van der Waals surface area contributed by atoms with Gasteiger partial charge >= 0.3 is 6.03 Å². The van der Waals surface area contributed by atoms with Crippen molar-refractivity contribution < 1.29 is 9.90 Å². The molecule has 3 N–H and O–H groups in total. The number of nitrogens with one attached hydrogen (secondary N) is 2. The molecule has 0 fully saturated rings. The first kappa shape index (κ1) is 16.9. The molecule has 1 aromatic heterocycles. The molecule has 128 valence electrons. The van der Waals surface area contributed by atoms with Crippen molar-refractivity contribution in [3.8, 4) is 11.9 Å². The molecule has 3 aromatic rings. The second-order valence-electron chi connectivity index (χ2n) is 5.54. The molecule has 0 radical (unpaired) electrons. The van der Waals surface area contributed by atoms with Crippen LogP contribution in [0.3, 0.4) is 0 Å². The highest BCUT2D eigenvalue weighted by atomic mass is 16.3. The van der Waals surface area contributed by atoms with Crippen LogP contribution in [0, 0.1) is 18.3 Å². The number of carbonyl (C=O) groups excluding carboxylic acids is 1. The number of anilines is 1. The van der Waals surface area contributed by atoms with E-state index in [1.165, 1.54) is 6.92 Å². The van der Waals surface area contributed by atoms with Gasteiger partial charge < -0.3 is 10.4 Å². The second kappa shape index (κ2) is 6.91. The van der Waals surface area contributed by atoms with Gasteiger partial charge in [0.05, 0.1) is 11.3 Å². The number of aliphatic imine (C=N–C) groups is 1. The lowest BCUT2D eigenvalue weighted by molar-refractivity contribution is 0.259. The van der Waals surface area contributed by atoms with E-state index in [1.807, 2.05) is 36.4 Å². The SMILES string of the molecule is Cc1c(/C=N/C(=O)Nc2cccc3ccccc23)c(O)[nH]c(=O)c1C#N. The molecule has 7 nitrogen and oxygen atoms in total. The number of H-pyrrole nitrogens is 1. The number of pyridine rings is 1. The Morgan fingerprint density at radius 1 is 1.27 bits per heavy atom. The molecule has 2 amide bonds. The van der Waals surface area contributed by atoms with Crippen molar-refractivity contribution in [2.24, 2.45) is 4.99 Å². The number of hydrogen-bond donors (Lipinski definition) is 3. The zero-order valence-corrected chi connectivity index (χ0v) is 13.8. The lowest BCUT2D eigenvalue weighted by Crippen LogP contribution is -2.14. The van der Waals surface area contributed by atoms with E-state index >= 15 is 0 Å². The number of aromatic nitrogens is 1. The van der Waals surface area contributed by atoms with Crippen molar-refractivity contribution in [1.82, 2.24) is 4.98 Å². The van der Waals surface area contributed by atoms with E-state index in [-0.39, 0.29) is 16.7 Å². The van der Waals surface area contributed by atoms with Crippen molar-refractivity contribution in [2.75, 3.05) is 5.32 Å². The van der Waals surface area contributed by atoms with Gasteiger partial charge in [-0.25, -0.2) is 9.79 Å². The lowest BCUT2D eigenvalue weighted by atomic mass is 10.1. The fourth-order valence-corrected chi connectivity index (χ4v) is 2.62. The summed E-state index contributed by atoms with van der Waals surface area (Å²) in [5.41, 5.74) is 0.119. The third-order valence-electron chi connectivity index (χ3n) is 3.95. The average Bonchev–Trinajstić information content (AvgIpc) is 2.62. The Hall–Kier alpha value is -3.92. The maximum absolute atomic E-state index is 12.1. The predicted octanol–water partition coefficient (Wildman–Crippen LogP) is 3.06. The third-order valence-corrected chi connectivity index (χ3v) is 3.95. The molecule has 0 unspecified atom stereocenters. The summed E-state index contributed by atoms with van der Waals surface area (Å²) in [5.74, 6) is -0.451. The molecule has 0 aliphatic rings. The van der Waals surface area contributed by atoms with Gasteiger partial charge in [0.15, 0.2) is 0 Å². The quantitative estimate of drug-likeness (QED) is 0.618. The van der Waals surface area contributed by atoms with Gasteiger partial charge in [-0.3, -0.25) is 9.78 Å². The van der Waals surface area contributed by atoms with Crippen LogP contribution in [0.15, 0.2) is 52.3 Å². The fraction of sp³-hybridized carbons (Fsp3) is 0.0526. The van der Waals surface area contributed by atoms with E-state index in [2.05, 4.69) is 15.3 Å². The van der Waals surface area contributed by atoms with Gasteiger partial charge in [-0.05, 0) is 23.9 Å². The van der Waals surface area contributed by atoms with E-state index in [9.17, 15) is 14.7 Å². The number of hydrogen-bond acceptors (Lipinski definition) is 4. The van der Waals surface area contributed by atoms with Crippen LogP contribution >= 0.6 is 0 Å². The van der Waals surface area contributed by atoms with Crippen LogP contribution in [0.2, 0.25) is 0 Å². The smallest absolute Gasteiger partial charge is 0.345 e. The Labute approximate surface area is 148 Å². The van der Waals surface area contributed by atoms with Gasteiger partial charge in [-0.1, -0.05) is 36.4 Å². The van der Waals surface area contributed by atoms with Gasteiger partial charge in [-0.15, -0.1) is 0 Å². The number of rotatable bonds is 2. The first-order valence-electron chi connectivity index (χ1n) is 7.70. The summed E-state index contributed by atoms with van der Waals surface area (Å²) in [7, 11) is 0. The molecule has 2 aromatic carbocycles. The van der Waals surface area contributed by atoms with E-state index in [0.717, 1.165) is 17.0 Å². The number of aromatic amines is 1. The van der Waals surface area contributed by atoms with Crippen LogP contribution in [0.25, 0.3) is 10.8 Å². The molecule has 0 saturated heterocycles. The Balaban J connectivity index is 1.89. The summed E-state index contributed by atoms with van der Waals surface area (Å²) in [5, 5.41) is 23.4. The van der Waals surface area contributed by atoms with Crippen molar-refractivity contribution >= 4 is 28.7 Å². The number of carbonyl (C=O) groups is 1. The largest absolute Gasteiger partial charge is 0.494 e. The molecule has 0 bridgehead atoms. The van der Waals surface area contributed by atoms with Crippen molar-refractivity contribution in [1.29, 1.82) is 5.26 Å². The minimum atomic E-state index is -0.695.